The Labute approximate surface area is 176 Å². The van der Waals surface area contributed by atoms with Crippen molar-refractivity contribution in [3.63, 3.8) is 0 Å². The lowest BCUT2D eigenvalue weighted by atomic mass is 9.95. The van der Waals surface area contributed by atoms with Crippen LogP contribution < -0.4 is 0 Å². The Hall–Kier alpha value is -4.00. The third kappa shape index (κ3) is 3.90. The van der Waals surface area contributed by atoms with Gasteiger partial charge in [-0.1, -0.05) is 24.3 Å². The SMILES string of the molecule is O=C1C(=O)N(Cc2ccc(F)cc2)C(c2ccc(O)cc2)/C1=C(/O)c1ccc(F)cc1. The van der Waals surface area contributed by atoms with Crippen LogP contribution in [-0.2, 0) is 16.1 Å². The summed E-state index contributed by atoms with van der Waals surface area (Å²) in [5.74, 6) is -3.09. The van der Waals surface area contributed by atoms with Gasteiger partial charge in [-0.05, 0) is 59.7 Å². The molecule has 1 unspecified atom stereocenters. The van der Waals surface area contributed by atoms with Crippen molar-refractivity contribution in [3.8, 4) is 5.75 Å². The minimum Gasteiger partial charge on any atom is -0.508 e. The molecule has 0 aromatic heterocycles. The third-order valence-electron chi connectivity index (χ3n) is 5.13. The number of carbonyl (C=O) groups is 2. The van der Waals surface area contributed by atoms with Crippen molar-refractivity contribution in [2.75, 3.05) is 0 Å². The van der Waals surface area contributed by atoms with E-state index in [1.165, 1.54) is 53.4 Å². The van der Waals surface area contributed by atoms with Crippen molar-refractivity contribution in [1.82, 2.24) is 4.90 Å². The highest BCUT2D eigenvalue weighted by Gasteiger charge is 2.46. The second-order valence-corrected chi connectivity index (χ2v) is 7.15. The lowest BCUT2D eigenvalue weighted by molar-refractivity contribution is -0.140. The molecule has 1 aliphatic rings. The Morgan fingerprint density at radius 2 is 1.39 bits per heavy atom. The fraction of sp³-hybridized carbons (Fsp3) is 0.0833. The molecule has 3 aromatic carbocycles. The molecule has 1 amide bonds. The number of Topliss-reactive ketones (excluding diaryl/α,β-unsaturated/α-hetero) is 1. The van der Waals surface area contributed by atoms with E-state index < -0.39 is 35.1 Å². The maximum absolute atomic E-state index is 13.3. The smallest absolute Gasteiger partial charge is 0.295 e. The number of halogens is 2. The molecule has 156 valence electrons. The van der Waals surface area contributed by atoms with Crippen LogP contribution in [0, 0.1) is 11.6 Å². The third-order valence-corrected chi connectivity index (χ3v) is 5.13. The Kier molecular flexibility index (Phi) is 5.25. The molecule has 4 rings (SSSR count). The number of nitrogens with zero attached hydrogens (tertiary/aromatic N) is 1. The summed E-state index contributed by atoms with van der Waals surface area (Å²) in [5, 5.41) is 20.5. The average Bonchev–Trinajstić information content (AvgIpc) is 3.01. The summed E-state index contributed by atoms with van der Waals surface area (Å²) >= 11 is 0. The topological polar surface area (TPSA) is 77.8 Å². The molecule has 7 heteroatoms. The van der Waals surface area contributed by atoms with Crippen LogP contribution in [0.25, 0.3) is 5.76 Å². The molecule has 1 fully saturated rings. The van der Waals surface area contributed by atoms with Crippen LogP contribution in [-0.4, -0.2) is 26.8 Å². The summed E-state index contributed by atoms with van der Waals surface area (Å²) in [5.41, 5.74) is 1.12. The van der Waals surface area contributed by atoms with Gasteiger partial charge < -0.3 is 15.1 Å². The molecule has 0 saturated carbocycles. The van der Waals surface area contributed by atoms with E-state index in [0.717, 1.165) is 12.1 Å². The molecule has 0 radical (unpaired) electrons. The van der Waals surface area contributed by atoms with Crippen molar-refractivity contribution in [1.29, 1.82) is 0 Å². The highest BCUT2D eigenvalue weighted by atomic mass is 19.1. The normalized spacial score (nSPS) is 17.9. The Morgan fingerprint density at radius 3 is 1.97 bits per heavy atom. The number of benzene rings is 3. The number of phenols is 1. The van der Waals surface area contributed by atoms with Gasteiger partial charge in [-0.3, -0.25) is 9.59 Å². The number of phenolic OH excluding ortho intramolecular Hbond substituents is 1. The van der Waals surface area contributed by atoms with E-state index in [2.05, 4.69) is 0 Å². The predicted molar refractivity (Wildman–Crippen MR) is 109 cm³/mol. The minimum absolute atomic E-state index is 0.00206. The van der Waals surface area contributed by atoms with Gasteiger partial charge in [0.25, 0.3) is 11.7 Å². The number of amides is 1. The van der Waals surface area contributed by atoms with Gasteiger partial charge in [-0.25, -0.2) is 8.78 Å². The van der Waals surface area contributed by atoms with Gasteiger partial charge in [0.05, 0.1) is 11.6 Å². The van der Waals surface area contributed by atoms with E-state index in [0.29, 0.717) is 11.1 Å². The highest BCUT2D eigenvalue weighted by molar-refractivity contribution is 6.46. The molecule has 3 aromatic rings. The first-order chi connectivity index (χ1) is 14.8. The minimum atomic E-state index is -0.948. The van der Waals surface area contributed by atoms with E-state index in [9.17, 15) is 28.6 Å². The average molecular weight is 421 g/mol. The van der Waals surface area contributed by atoms with Crippen molar-refractivity contribution in [2.45, 2.75) is 12.6 Å². The number of likely N-dealkylation sites (tertiary alicyclic amines) is 1. The molecule has 1 heterocycles. The van der Waals surface area contributed by atoms with Gasteiger partial charge in [-0.2, -0.15) is 0 Å². The number of hydrogen-bond acceptors (Lipinski definition) is 4. The first-order valence-corrected chi connectivity index (χ1v) is 9.43. The van der Waals surface area contributed by atoms with Crippen LogP contribution in [0.2, 0.25) is 0 Å². The summed E-state index contributed by atoms with van der Waals surface area (Å²) in [6, 6.07) is 15.4. The van der Waals surface area contributed by atoms with Gasteiger partial charge >= 0.3 is 0 Å². The van der Waals surface area contributed by atoms with Crippen LogP contribution >= 0.6 is 0 Å². The molecule has 2 N–H and O–H groups in total. The summed E-state index contributed by atoms with van der Waals surface area (Å²) < 4.78 is 26.6. The Morgan fingerprint density at radius 1 is 0.839 bits per heavy atom. The first kappa shape index (κ1) is 20.3. The van der Waals surface area contributed by atoms with Crippen molar-refractivity contribution < 1.29 is 28.6 Å². The molecular formula is C24H17F2NO4. The summed E-state index contributed by atoms with van der Waals surface area (Å²) in [6.45, 7) is -0.00338. The maximum atomic E-state index is 13.3. The van der Waals surface area contributed by atoms with Crippen molar-refractivity contribution in [2.24, 2.45) is 0 Å². The monoisotopic (exact) mass is 421 g/mol. The van der Waals surface area contributed by atoms with E-state index in [1.807, 2.05) is 0 Å². The first-order valence-electron chi connectivity index (χ1n) is 9.43. The lowest BCUT2D eigenvalue weighted by Crippen LogP contribution is -2.29. The highest BCUT2D eigenvalue weighted by Crippen LogP contribution is 2.40. The van der Waals surface area contributed by atoms with Crippen LogP contribution in [0.1, 0.15) is 22.7 Å². The van der Waals surface area contributed by atoms with Crippen LogP contribution in [0.5, 0.6) is 5.75 Å². The number of rotatable bonds is 4. The molecule has 0 aliphatic carbocycles. The molecule has 1 aliphatic heterocycles. The fourth-order valence-corrected chi connectivity index (χ4v) is 3.60. The van der Waals surface area contributed by atoms with Crippen LogP contribution in [0.15, 0.2) is 78.4 Å². The van der Waals surface area contributed by atoms with E-state index in [4.69, 9.17) is 0 Å². The quantitative estimate of drug-likeness (QED) is 0.374. The van der Waals surface area contributed by atoms with Crippen molar-refractivity contribution >= 4 is 17.4 Å². The number of aliphatic hydroxyl groups excluding tert-OH is 1. The van der Waals surface area contributed by atoms with Gasteiger partial charge in [0.15, 0.2) is 0 Å². The Bertz CT molecular complexity index is 1170. The second-order valence-electron chi connectivity index (χ2n) is 7.15. The number of carbonyl (C=O) groups excluding carboxylic acids is 2. The zero-order valence-corrected chi connectivity index (χ0v) is 16.1. The zero-order chi connectivity index (χ0) is 22.1. The van der Waals surface area contributed by atoms with Gasteiger partial charge in [-0.15, -0.1) is 0 Å². The van der Waals surface area contributed by atoms with Gasteiger partial charge in [0, 0.05) is 12.1 Å². The summed E-state index contributed by atoms with van der Waals surface area (Å²) in [4.78, 5) is 27.0. The molecule has 0 spiro atoms. The molecule has 1 atom stereocenters. The number of ketones is 1. The molecule has 1 saturated heterocycles. The van der Waals surface area contributed by atoms with E-state index >= 15 is 0 Å². The van der Waals surface area contributed by atoms with E-state index in [-0.39, 0.29) is 23.4 Å². The standard InChI is InChI=1S/C24H17F2NO4/c25-17-7-1-14(2-8-17)13-27-21(15-5-11-19(28)12-6-15)20(23(30)24(27)31)22(29)16-3-9-18(26)10-4-16/h1-12,21,28-29H,13H2/b22-20-. The Balaban J connectivity index is 1.84. The second kappa shape index (κ2) is 8.02. The zero-order valence-electron chi connectivity index (χ0n) is 16.1. The van der Waals surface area contributed by atoms with Crippen LogP contribution in [0.3, 0.4) is 0 Å². The fourth-order valence-electron chi connectivity index (χ4n) is 3.60. The molecule has 31 heavy (non-hydrogen) atoms. The molecule has 0 bridgehead atoms. The van der Waals surface area contributed by atoms with Crippen LogP contribution in [0.4, 0.5) is 8.78 Å². The summed E-state index contributed by atoms with van der Waals surface area (Å²) in [7, 11) is 0. The van der Waals surface area contributed by atoms with Crippen molar-refractivity contribution in [3.05, 3.63) is 107 Å². The lowest BCUT2D eigenvalue weighted by Gasteiger charge is -2.25. The van der Waals surface area contributed by atoms with Gasteiger partial charge in [0.1, 0.15) is 23.1 Å². The van der Waals surface area contributed by atoms with Gasteiger partial charge in [0.2, 0.25) is 0 Å². The van der Waals surface area contributed by atoms with E-state index in [1.54, 1.807) is 12.1 Å². The number of aliphatic hydroxyl groups is 1. The predicted octanol–water partition coefficient (Wildman–Crippen LogP) is 4.29. The number of aromatic hydroxyl groups is 1. The summed E-state index contributed by atoms with van der Waals surface area (Å²) in [6.07, 6.45) is 0. The number of hydrogen-bond donors (Lipinski definition) is 2. The maximum Gasteiger partial charge on any atom is 0.295 e. The largest absolute Gasteiger partial charge is 0.508 e. The molecular weight excluding hydrogens is 404 g/mol. The molecule has 5 nitrogen and oxygen atoms in total.